The van der Waals surface area contributed by atoms with Crippen molar-refractivity contribution in [3.63, 3.8) is 0 Å². The Morgan fingerprint density at radius 2 is 1.16 bits per heavy atom. The molecule has 12 unspecified atom stereocenters. The van der Waals surface area contributed by atoms with Crippen LogP contribution in [0.4, 0.5) is 0 Å². The largest absolute Gasteiger partial charge is 0.394 e. The highest BCUT2D eigenvalue weighted by Gasteiger charge is 2.50. The highest BCUT2D eigenvalue weighted by Crippen LogP contribution is 2.29. The van der Waals surface area contributed by atoms with Crippen molar-refractivity contribution in [1.82, 2.24) is 5.32 Å². The summed E-state index contributed by atoms with van der Waals surface area (Å²) >= 11 is 0. The molecule has 2 aliphatic heterocycles. The summed E-state index contributed by atoms with van der Waals surface area (Å²) in [6.07, 6.45) is 11.1. The molecule has 2 aliphatic rings. The van der Waals surface area contributed by atoms with Crippen LogP contribution in [0.15, 0.2) is 24.3 Å². The van der Waals surface area contributed by atoms with E-state index in [4.69, 9.17) is 18.9 Å². The molecule has 2 saturated heterocycles. The van der Waals surface area contributed by atoms with Crippen LogP contribution in [0.5, 0.6) is 0 Å². The molecule has 0 bridgehead atoms. The van der Waals surface area contributed by atoms with E-state index < -0.39 is 86.8 Å². The zero-order chi connectivity index (χ0) is 40.4. The maximum atomic E-state index is 13.0. The van der Waals surface area contributed by atoms with E-state index in [1.807, 2.05) is 6.08 Å². The van der Waals surface area contributed by atoms with Crippen LogP contribution in [-0.4, -0.2) is 140 Å². The maximum Gasteiger partial charge on any atom is 0.220 e. The Bertz CT molecular complexity index is 1030. The number of carbonyl (C=O) groups excluding carboxylic acids is 1. The van der Waals surface area contributed by atoms with E-state index in [2.05, 4.69) is 31.3 Å². The molecule has 0 aromatic carbocycles. The minimum Gasteiger partial charge on any atom is -0.394 e. The molecule has 0 aromatic heterocycles. The van der Waals surface area contributed by atoms with Crippen LogP contribution in [0.2, 0.25) is 0 Å². The number of nitrogens with one attached hydrogen (secondary N) is 1. The van der Waals surface area contributed by atoms with Crippen molar-refractivity contribution in [2.24, 2.45) is 0 Å². The van der Waals surface area contributed by atoms with Gasteiger partial charge < -0.3 is 65.1 Å². The van der Waals surface area contributed by atoms with Crippen LogP contribution < -0.4 is 5.32 Å². The standard InChI is InChI=1S/C41H75NO13/c1-3-5-7-9-11-13-14-15-17-19-21-23-25-33(46)42-29(30(45)24-22-20-18-16-12-10-8-6-4-2)28-52-40-38(51)36(49)39(32(27-44)54-40)55-41-37(50)35(48)34(47)31(26-43)53-41/h12,16,22,24,29-32,34-41,43-45,47-51H,3-11,13-15,17-21,23,25-28H2,1-2H3,(H,42,46)/b16-12+,24-22+. The molecule has 2 heterocycles. The van der Waals surface area contributed by atoms with Gasteiger partial charge in [0, 0.05) is 6.42 Å². The Morgan fingerprint density at radius 1 is 0.636 bits per heavy atom. The van der Waals surface area contributed by atoms with Crippen LogP contribution in [-0.2, 0) is 23.7 Å². The van der Waals surface area contributed by atoms with Crippen molar-refractivity contribution in [2.75, 3.05) is 19.8 Å². The summed E-state index contributed by atoms with van der Waals surface area (Å²) in [5, 5.41) is 86.1. The predicted molar refractivity (Wildman–Crippen MR) is 208 cm³/mol. The number of allylic oxidation sites excluding steroid dienone is 3. The number of aliphatic hydroxyl groups excluding tert-OH is 8. The fourth-order valence-corrected chi connectivity index (χ4v) is 6.83. The Hall–Kier alpha value is -1.53. The first-order valence-corrected chi connectivity index (χ1v) is 21.1. The molecule has 322 valence electrons. The van der Waals surface area contributed by atoms with Gasteiger partial charge in [-0.15, -0.1) is 0 Å². The van der Waals surface area contributed by atoms with E-state index in [9.17, 15) is 45.6 Å². The number of hydrogen-bond donors (Lipinski definition) is 9. The molecule has 0 aromatic rings. The lowest BCUT2D eigenvalue weighted by Crippen LogP contribution is -2.65. The second-order valence-electron chi connectivity index (χ2n) is 15.1. The van der Waals surface area contributed by atoms with E-state index in [-0.39, 0.29) is 18.9 Å². The molecule has 55 heavy (non-hydrogen) atoms. The lowest BCUT2D eigenvalue weighted by molar-refractivity contribution is -0.359. The zero-order valence-corrected chi connectivity index (χ0v) is 33.4. The molecule has 2 rings (SSSR count). The first-order valence-electron chi connectivity index (χ1n) is 21.1. The van der Waals surface area contributed by atoms with Gasteiger partial charge in [0.25, 0.3) is 0 Å². The molecule has 1 amide bonds. The van der Waals surface area contributed by atoms with Crippen LogP contribution in [0.3, 0.4) is 0 Å². The molecule has 0 spiro atoms. The highest BCUT2D eigenvalue weighted by atomic mass is 16.7. The Labute approximate surface area is 328 Å². The maximum absolute atomic E-state index is 13.0. The van der Waals surface area contributed by atoms with Gasteiger partial charge in [-0.05, 0) is 32.1 Å². The van der Waals surface area contributed by atoms with Gasteiger partial charge in [-0.25, -0.2) is 0 Å². The number of amides is 1. The summed E-state index contributed by atoms with van der Waals surface area (Å²) in [6.45, 7) is 2.66. The van der Waals surface area contributed by atoms with Crippen molar-refractivity contribution in [2.45, 2.75) is 209 Å². The Morgan fingerprint density at radius 3 is 1.78 bits per heavy atom. The second-order valence-corrected chi connectivity index (χ2v) is 15.1. The van der Waals surface area contributed by atoms with Crippen LogP contribution in [0.25, 0.3) is 0 Å². The summed E-state index contributed by atoms with van der Waals surface area (Å²) in [5.74, 6) is -0.255. The van der Waals surface area contributed by atoms with Crippen molar-refractivity contribution < 1.29 is 64.6 Å². The molecule has 9 N–H and O–H groups in total. The van der Waals surface area contributed by atoms with Crippen molar-refractivity contribution in [3.05, 3.63) is 24.3 Å². The first-order chi connectivity index (χ1) is 26.6. The number of rotatable bonds is 30. The summed E-state index contributed by atoms with van der Waals surface area (Å²) in [4.78, 5) is 13.0. The fourth-order valence-electron chi connectivity index (χ4n) is 6.83. The van der Waals surface area contributed by atoms with E-state index in [0.29, 0.717) is 12.8 Å². The summed E-state index contributed by atoms with van der Waals surface area (Å²) in [7, 11) is 0. The quantitative estimate of drug-likeness (QED) is 0.0377. The Kier molecular flexibility index (Phi) is 26.7. The second kappa shape index (κ2) is 29.6. The molecular formula is C41H75NO13. The van der Waals surface area contributed by atoms with Gasteiger partial charge in [0.15, 0.2) is 12.6 Å². The lowest BCUT2D eigenvalue weighted by Gasteiger charge is -2.46. The molecular weight excluding hydrogens is 714 g/mol. The minimum atomic E-state index is -1.79. The topological polar surface area (TPSA) is 228 Å². The number of aliphatic hydroxyl groups is 8. The van der Waals surface area contributed by atoms with Crippen molar-refractivity contribution in [1.29, 1.82) is 0 Å². The van der Waals surface area contributed by atoms with Gasteiger partial charge in [0.1, 0.15) is 48.8 Å². The first kappa shape index (κ1) is 49.6. The zero-order valence-electron chi connectivity index (χ0n) is 33.4. The van der Waals surface area contributed by atoms with Gasteiger partial charge >= 0.3 is 0 Å². The minimum absolute atomic E-state index is 0.255. The van der Waals surface area contributed by atoms with Gasteiger partial charge in [0.05, 0.1) is 32.0 Å². The molecule has 0 aliphatic carbocycles. The van der Waals surface area contributed by atoms with E-state index in [1.165, 1.54) is 64.2 Å². The third kappa shape index (κ3) is 18.7. The molecule has 2 fully saturated rings. The monoisotopic (exact) mass is 790 g/mol. The third-order valence-corrected chi connectivity index (χ3v) is 10.4. The van der Waals surface area contributed by atoms with Crippen LogP contribution in [0.1, 0.15) is 136 Å². The molecule has 0 saturated carbocycles. The van der Waals surface area contributed by atoms with E-state index >= 15 is 0 Å². The number of ether oxygens (including phenoxy) is 4. The summed E-state index contributed by atoms with van der Waals surface area (Å²) in [5.41, 5.74) is 0. The molecule has 14 nitrogen and oxygen atoms in total. The molecule has 12 atom stereocenters. The van der Waals surface area contributed by atoms with Gasteiger partial charge in [-0.1, -0.05) is 122 Å². The predicted octanol–water partition coefficient (Wildman–Crippen LogP) is 3.04. The van der Waals surface area contributed by atoms with Gasteiger partial charge in [0.2, 0.25) is 5.91 Å². The van der Waals surface area contributed by atoms with Crippen LogP contribution >= 0.6 is 0 Å². The van der Waals surface area contributed by atoms with E-state index in [0.717, 1.165) is 38.5 Å². The smallest absolute Gasteiger partial charge is 0.220 e. The number of unbranched alkanes of at least 4 members (excludes halogenated alkanes) is 15. The van der Waals surface area contributed by atoms with E-state index in [1.54, 1.807) is 6.08 Å². The SMILES string of the molecule is CCCCC/C=C/CC/C=C/C(O)C(COC1OC(CO)C(OC2OC(CO)C(O)C(O)C2O)C(O)C1O)NC(=O)CCCCCCCCCCCCCC. The van der Waals surface area contributed by atoms with Crippen LogP contribution in [0, 0.1) is 0 Å². The number of hydrogen-bond acceptors (Lipinski definition) is 13. The lowest BCUT2D eigenvalue weighted by atomic mass is 9.97. The highest BCUT2D eigenvalue weighted by molar-refractivity contribution is 5.76. The number of carbonyl (C=O) groups is 1. The average molecular weight is 790 g/mol. The molecule has 0 radical (unpaired) electrons. The average Bonchev–Trinajstić information content (AvgIpc) is 3.18. The van der Waals surface area contributed by atoms with Gasteiger partial charge in [-0.2, -0.15) is 0 Å². The molecule has 14 heteroatoms. The fraction of sp³-hybridized carbons (Fsp3) is 0.878. The summed E-state index contributed by atoms with van der Waals surface area (Å²) in [6, 6.07) is -0.922. The normalized spacial score (nSPS) is 29.9. The van der Waals surface area contributed by atoms with Crippen molar-refractivity contribution in [3.8, 4) is 0 Å². The summed E-state index contributed by atoms with van der Waals surface area (Å²) < 4.78 is 22.5. The van der Waals surface area contributed by atoms with Crippen molar-refractivity contribution >= 4 is 5.91 Å². The van der Waals surface area contributed by atoms with Gasteiger partial charge in [-0.3, -0.25) is 4.79 Å². The Balaban J connectivity index is 1.94. The third-order valence-electron chi connectivity index (χ3n) is 10.4.